The van der Waals surface area contributed by atoms with E-state index in [0.29, 0.717) is 0 Å². The Morgan fingerprint density at radius 2 is 2.00 bits per heavy atom. The molecule has 0 spiro atoms. The highest BCUT2D eigenvalue weighted by atomic mass is 16.8. The van der Waals surface area contributed by atoms with E-state index in [1.54, 1.807) is 7.05 Å². The molecule has 0 aromatic heterocycles. The molecule has 1 heterocycles. The number of nitrogens with one attached hydrogen (secondary N) is 1. The van der Waals surface area contributed by atoms with Gasteiger partial charge in [-0.1, -0.05) is 0 Å². The van der Waals surface area contributed by atoms with E-state index in [0.717, 1.165) is 13.1 Å². The molecule has 1 aliphatic heterocycles. The van der Waals surface area contributed by atoms with Crippen LogP contribution < -0.4 is 5.48 Å². The number of nitrogens with zero attached hydrogens (tertiary/aromatic N) is 1. The van der Waals surface area contributed by atoms with E-state index in [1.165, 1.54) is 12.8 Å². The summed E-state index contributed by atoms with van der Waals surface area (Å²) in [6.07, 6.45) is 2.53. The van der Waals surface area contributed by atoms with E-state index < -0.39 is 0 Å². The Bertz CT molecular complexity index is 61.4. The lowest BCUT2D eigenvalue weighted by Gasteiger charge is -2.11. The number of hydrogen-bond acceptors (Lipinski definition) is 3. The lowest BCUT2D eigenvalue weighted by atomic mass is 10.4. The fourth-order valence-corrected chi connectivity index (χ4v) is 0.909. The van der Waals surface area contributed by atoms with Gasteiger partial charge in [0, 0.05) is 20.1 Å². The van der Waals surface area contributed by atoms with E-state index in [2.05, 4.69) is 5.48 Å². The van der Waals surface area contributed by atoms with Crippen LogP contribution >= 0.6 is 0 Å². The standard InChI is InChI=1S/C5H12N2O/c1-6-8-7-4-2-3-5-7/h6H,2-5H2,1H3. The van der Waals surface area contributed by atoms with Crippen LogP contribution in [0.3, 0.4) is 0 Å². The highest BCUT2D eigenvalue weighted by molar-refractivity contribution is 4.55. The molecule has 0 atom stereocenters. The lowest BCUT2D eigenvalue weighted by molar-refractivity contribution is -0.189. The van der Waals surface area contributed by atoms with Gasteiger partial charge in [0.15, 0.2) is 0 Å². The van der Waals surface area contributed by atoms with E-state index in [9.17, 15) is 0 Å². The van der Waals surface area contributed by atoms with Gasteiger partial charge in [0.05, 0.1) is 0 Å². The van der Waals surface area contributed by atoms with Gasteiger partial charge in [-0.15, -0.1) is 0 Å². The first-order valence-electron chi connectivity index (χ1n) is 3.02. The summed E-state index contributed by atoms with van der Waals surface area (Å²) in [5, 5.41) is 1.93. The summed E-state index contributed by atoms with van der Waals surface area (Å²) in [5.41, 5.74) is 2.64. The van der Waals surface area contributed by atoms with Gasteiger partial charge in [-0.2, -0.15) is 10.5 Å². The monoisotopic (exact) mass is 116 g/mol. The van der Waals surface area contributed by atoms with Crippen molar-refractivity contribution in [3.05, 3.63) is 0 Å². The van der Waals surface area contributed by atoms with Gasteiger partial charge >= 0.3 is 0 Å². The zero-order valence-corrected chi connectivity index (χ0v) is 5.18. The summed E-state index contributed by atoms with van der Waals surface area (Å²) in [7, 11) is 1.78. The van der Waals surface area contributed by atoms with Crippen molar-refractivity contribution in [2.45, 2.75) is 12.8 Å². The molecule has 3 heteroatoms. The third-order valence-electron chi connectivity index (χ3n) is 1.29. The first kappa shape index (κ1) is 6.01. The molecular formula is C5H12N2O. The summed E-state index contributed by atoms with van der Waals surface area (Å²) in [4.78, 5) is 4.99. The van der Waals surface area contributed by atoms with Crippen LogP contribution in [0.15, 0.2) is 0 Å². The Kier molecular flexibility index (Phi) is 2.27. The summed E-state index contributed by atoms with van der Waals surface area (Å²) in [6.45, 7) is 2.14. The average Bonchev–Trinajstić information content (AvgIpc) is 2.19. The molecule has 1 N–H and O–H groups in total. The number of hydrogen-bond donors (Lipinski definition) is 1. The lowest BCUT2D eigenvalue weighted by Crippen LogP contribution is -2.26. The van der Waals surface area contributed by atoms with Crippen molar-refractivity contribution in [3.63, 3.8) is 0 Å². The Morgan fingerprint density at radius 1 is 1.38 bits per heavy atom. The summed E-state index contributed by atoms with van der Waals surface area (Å²) >= 11 is 0. The molecule has 1 aliphatic rings. The molecule has 0 radical (unpaired) electrons. The molecule has 0 unspecified atom stereocenters. The van der Waals surface area contributed by atoms with Crippen LogP contribution in [0.2, 0.25) is 0 Å². The Labute approximate surface area is 49.5 Å². The normalized spacial score (nSPS) is 22.1. The van der Waals surface area contributed by atoms with Crippen molar-refractivity contribution < 1.29 is 4.94 Å². The third kappa shape index (κ3) is 1.43. The topological polar surface area (TPSA) is 24.5 Å². The van der Waals surface area contributed by atoms with Crippen molar-refractivity contribution in [1.29, 1.82) is 0 Å². The molecule has 0 saturated carbocycles. The minimum absolute atomic E-state index is 1.07. The minimum atomic E-state index is 1.07. The third-order valence-corrected chi connectivity index (χ3v) is 1.29. The average molecular weight is 116 g/mol. The van der Waals surface area contributed by atoms with Crippen LogP contribution in [0.4, 0.5) is 0 Å². The second-order valence-electron chi connectivity index (χ2n) is 1.93. The van der Waals surface area contributed by atoms with Crippen LogP contribution in [-0.2, 0) is 4.94 Å². The Hall–Kier alpha value is -0.120. The Morgan fingerprint density at radius 3 is 2.50 bits per heavy atom. The fraction of sp³-hybridized carbons (Fsp3) is 1.00. The molecule has 1 fully saturated rings. The fourth-order valence-electron chi connectivity index (χ4n) is 0.909. The molecule has 48 valence electrons. The van der Waals surface area contributed by atoms with E-state index >= 15 is 0 Å². The van der Waals surface area contributed by atoms with Gasteiger partial charge in [-0.05, 0) is 12.8 Å². The van der Waals surface area contributed by atoms with Gasteiger partial charge in [-0.3, -0.25) is 0 Å². The first-order valence-corrected chi connectivity index (χ1v) is 3.02. The SMILES string of the molecule is CNON1CCCC1. The van der Waals surface area contributed by atoms with Crippen LogP contribution in [0.1, 0.15) is 12.8 Å². The maximum atomic E-state index is 4.99. The molecule has 0 aromatic rings. The first-order chi connectivity index (χ1) is 3.93. The van der Waals surface area contributed by atoms with Crippen LogP contribution in [0.5, 0.6) is 0 Å². The Balaban J connectivity index is 2.06. The zero-order valence-electron chi connectivity index (χ0n) is 5.18. The largest absolute Gasteiger partial charge is 0.212 e. The van der Waals surface area contributed by atoms with E-state index in [1.807, 2.05) is 5.06 Å². The molecule has 3 nitrogen and oxygen atoms in total. The molecule has 0 bridgehead atoms. The van der Waals surface area contributed by atoms with Crippen molar-refractivity contribution in [2.24, 2.45) is 0 Å². The van der Waals surface area contributed by atoms with Crippen molar-refractivity contribution in [2.75, 3.05) is 20.1 Å². The number of hydroxylamine groups is 3. The molecule has 0 amide bonds. The van der Waals surface area contributed by atoms with Crippen LogP contribution in [-0.4, -0.2) is 25.2 Å². The van der Waals surface area contributed by atoms with Gasteiger partial charge in [0.1, 0.15) is 0 Å². The molecule has 0 aromatic carbocycles. The van der Waals surface area contributed by atoms with Gasteiger partial charge in [0.2, 0.25) is 0 Å². The van der Waals surface area contributed by atoms with Gasteiger partial charge in [-0.25, -0.2) is 4.94 Å². The van der Waals surface area contributed by atoms with E-state index in [4.69, 9.17) is 4.94 Å². The second kappa shape index (κ2) is 3.02. The minimum Gasteiger partial charge on any atom is -0.212 e. The number of rotatable bonds is 2. The quantitative estimate of drug-likeness (QED) is 0.520. The second-order valence-corrected chi connectivity index (χ2v) is 1.93. The highest BCUT2D eigenvalue weighted by Gasteiger charge is 2.10. The molecule has 1 saturated heterocycles. The zero-order chi connectivity index (χ0) is 5.82. The highest BCUT2D eigenvalue weighted by Crippen LogP contribution is 2.05. The van der Waals surface area contributed by atoms with Gasteiger partial charge < -0.3 is 0 Å². The molecule has 8 heavy (non-hydrogen) atoms. The smallest absolute Gasteiger partial charge is 0.0260 e. The summed E-state index contributed by atoms with van der Waals surface area (Å²) < 4.78 is 0. The molecule has 1 rings (SSSR count). The summed E-state index contributed by atoms with van der Waals surface area (Å²) in [6, 6.07) is 0. The predicted molar refractivity (Wildman–Crippen MR) is 31.0 cm³/mol. The van der Waals surface area contributed by atoms with Crippen molar-refractivity contribution in [3.8, 4) is 0 Å². The maximum Gasteiger partial charge on any atom is 0.0260 e. The van der Waals surface area contributed by atoms with Crippen molar-refractivity contribution in [1.82, 2.24) is 10.5 Å². The van der Waals surface area contributed by atoms with Crippen molar-refractivity contribution >= 4 is 0 Å². The predicted octanol–water partition coefficient (Wildman–Crippen LogP) is 0.148. The van der Waals surface area contributed by atoms with Crippen LogP contribution in [0.25, 0.3) is 0 Å². The van der Waals surface area contributed by atoms with Crippen LogP contribution in [0, 0.1) is 0 Å². The van der Waals surface area contributed by atoms with Gasteiger partial charge in [0.25, 0.3) is 0 Å². The molecular weight excluding hydrogens is 104 g/mol. The molecule has 0 aliphatic carbocycles. The summed E-state index contributed by atoms with van der Waals surface area (Å²) in [5.74, 6) is 0. The maximum absolute atomic E-state index is 4.99. The van der Waals surface area contributed by atoms with E-state index in [-0.39, 0.29) is 0 Å².